The third-order valence-corrected chi connectivity index (χ3v) is 12.3. The fourth-order valence-electron chi connectivity index (χ4n) is 9.83. The number of anilines is 1. The average Bonchev–Trinajstić information content (AvgIpc) is 3.58. The summed E-state index contributed by atoms with van der Waals surface area (Å²) in [5, 5.41) is 30.3. The van der Waals surface area contributed by atoms with Gasteiger partial charge in [-0.1, -0.05) is 55.0 Å². The molecule has 7 rings (SSSR count). The summed E-state index contributed by atoms with van der Waals surface area (Å²) in [6.45, 7) is 2.41. The Hall–Kier alpha value is -4.23. The van der Waals surface area contributed by atoms with Crippen molar-refractivity contribution in [1.82, 2.24) is 0 Å². The summed E-state index contributed by atoms with van der Waals surface area (Å²) in [5.41, 5.74) is 3.91. The highest BCUT2D eigenvalue weighted by atomic mass is 19.1. The highest BCUT2D eigenvalue weighted by Crippen LogP contribution is 2.72. The van der Waals surface area contributed by atoms with E-state index < -0.39 is 76.8 Å². The second-order valence-electron chi connectivity index (χ2n) is 14.7. The number of esters is 1. The Bertz CT molecular complexity index is 1840. The molecule has 0 unspecified atom stereocenters. The van der Waals surface area contributed by atoms with Crippen LogP contribution in [0.15, 0.2) is 66.3 Å². The molecule has 12 heteroatoms. The number of nitrogens with two attached hydrogens (primary N) is 1. The van der Waals surface area contributed by atoms with Gasteiger partial charge in [-0.05, 0) is 74.3 Å². The van der Waals surface area contributed by atoms with Gasteiger partial charge in [-0.15, -0.1) is 0 Å². The first-order valence-corrected chi connectivity index (χ1v) is 16.8. The molecule has 50 heavy (non-hydrogen) atoms. The van der Waals surface area contributed by atoms with Crippen molar-refractivity contribution >= 4 is 29.2 Å². The Balaban J connectivity index is 1.20. The molecular weight excluding hydrogens is 649 g/mol. The number of aliphatic hydroxyl groups excluding tert-OH is 2. The van der Waals surface area contributed by atoms with E-state index in [-0.39, 0.29) is 25.2 Å². The van der Waals surface area contributed by atoms with Gasteiger partial charge >= 0.3 is 11.9 Å². The summed E-state index contributed by atoms with van der Waals surface area (Å²) in [6, 6.07) is 12.9. The first-order chi connectivity index (χ1) is 23.7. The second kappa shape index (κ2) is 11.9. The van der Waals surface area contributed by atoms with E-state index in [2.05, 4.69) is 0 Å². The molecule has 0 spiro atoms. The second-order valence-corrected chi connectivity index (χ2v) is 14.7. The normalized spacial score (nSPS) is 36.9. The Labute approximate surface area is 287 Å². The number of hydrogen-bond donors (Lipinski definition) is 4. The molecule has 0 amide bonds. The highest BCUT2D eigenvalue weighted by Gasteiger charge is 2.79. The van der Waals surface area contributed by atoms with Crippen LogP contribution >= 0.6 is 0 Å². The van der Waals surface area contributed by atoms with Crippen LogP contribution in [-0.4, -0.2) is 68.9 Å². The van der Waals surface area contributed by atoms with Crippen molar-refractivity contribution in [3.05, 3.63) is 88.5 Å². The van der Waals surface area contributed by atoms with Crippen molar-refractivity contribution in [2.75, 3.05) is 12.3 Å². The van der Waals surface area contributed by atoms with Gasteiger partial charge in [0.05, 0.1) is 18.8 Å². The smallest absolute Gasteiger partial charge is 0.417 e. The van der Waals surface area contributed by atoms with Crippen LogP contribution in [0.2, 0.25) is 0 Å². The van der Waals surface area contributed by atoms with Gasteiger partial charge in [0.2, 0.25) is 5.78 Å². The largest absolute Gasteiger partial charge is 0.473 e. The van der Waals surface area contributed by atoms with E-state index in [0.717, 1.165) is 11.1 Å². The number of allylic oxidation sites excluding steroid dienone is 4. The maximum atomic E-state index is 17.7. The van der Waals surface area contributed by atoms with E-state index in [1.54, 1.807) is 26.0 Å². The van der Waals surface area contributed by atoms with Crippen LogP contribution in [0.3, 0.4) is 0 Å². The minimum atomic E-state index is -2.16. The fraction of sp³-hybridized carbons (Fsp3) is 0.474. The number of carboxylic acids is 1. The van der Waals surface area contributed by atoms with Crippen LogP contribution < -0.4 is 5.73 Å². The van der Waals surface area contributed by atoms with E-state index >= 15 is 4.39 Å². The molecular formula is C38H40FNO10. The van der Waals surface area contributed by atoms with Gasteiger partial charge in [0.1, 0.15) is 0 Å². The van der Waals surface area contributed by atoms with Crippen LogP contribution in [0.25, 0.3) is 0 Å². The first-order valence-electron chi connectivity index (χ1n) is 16.8. The van der Waals surface area contributed by atoms with Gasteiger partial charge in [-0.2, -0.15) is 0 Å². The van der Waals surface area contributed by atoms with Crippen LogP contribution in [-0.2, 0) is 46.4 Å². The lowest BCUT2D eigenvalue weighted by molar-refractivity contribution is -0.231. The van der Waals surface area contributed by atoms with Crippen molar-refractivity contribution < 1.29 is 53.1 Å². The summed E-state index contributed by atoms with van der Waals surface area (Å²) in [5.74, 6) is -5.67. The number of Topliss-reactive ketones (excluding diaryl/α,β-unsaturated/α-hetero) is 1. The first kappa shape index (κ1) is 34.2. The molecule has 4 aliphatic carbocycles. The lowest BCUT2D eigenvalue weighted by Crippen LogP contribution is -2.69. The maximum absolute atomic E-state index is 17.7. The number of aliphatic carboxylic acids is 1. The lowest BCUT2D eigenvalue weighted by atomic mass is 9.44. The average molecular weight is 690 g/mol. The summed E-state index contributed by atoms with van der Waals surface area (Å²) >= 11 is 0. The SMILES string of the molecule is C[C@]12C=CC(=O)C=C1CC[C@H]1[C@@H]3C[C@H]4O[C@@H](c5ccc(Cc6ccc(CO)c(N)c6)cc5)O[C@@]4(C(=O)COC(=O)C(=O)O)[C@@]3(C)C[C@H](O)[C@@]12F. The fourth-order valence-corrected chi connectivity index (χ4v) is 9.83. The van der Waals surface area contributed by atoms with Crippen molar-refractivity contribution in [3.8, 4) is 0 Å². The number of hydrogen-bond acceptors (Lipinski definition) is 10. The third-order valence-electron chi connectivity index (χ3n) is 12.3. The summed E-state index contributed by atoms with van der Waals surface area (Å²) < 4.78 is 35.7. The van der Waals surface area contributed by atoms with Gasteiger partial charge in [0, 0.05) is 33.6 Å². The number of ketones is 2. The Kier molecular flexibility index (Phi) is 8.17. The van der Waals surface area contributed by atoms with Crippen molar-refractivity contribution in [3.63, 3.8) is 0 Å². The van der Waals surface area contributed by atoms with Gasteiger partial charge < -0.3 is 35.3 Å². The lowest BCUT2D eigenvalue weighted by Gasteiger charge is -2.62. The number of carbonyl (C=O) groups is 4. The van der Waals surface area contributed by atoms with E-state index in [1.165, 1.54) is 12.2 Å². The van der Waals surface area contributed by atoms with Crippen LogP contribution in [0.4, 0.5) is 10.1 Å². The number of alkyl halides is 1. The number of fused-ring (bicyclic) bond motifs is 7. The van der Waals surface area contributed by atoms with E-state index in [0.29, 0.717) is 41.6 Å². The molecule has 2 aromatic carbocycles. The van der Waals surface area contributed by atoms with E-state index in [4.69, 9.17) is 25.1 Å². The minimum absolute atomic E-state index is 0.152. The van der Waals surface area contributed by atoms with Gasteiger partial charge in [-0.25, -0.2) is 14.0 Å². The molecule has 1 aliphatic heterocycles. The molecule has 1 saturated heterocycles. The highest BCUT2D eigenvalue weighted by molar-refractivity contribution is 6.28. The number of rotatable bonds is 7. The summed E-state index contributed by atoms with van der Waals surface area (Å²) in [7, 11) is 0. The van der Waals surface area contributed by atoms with Crippen LogP contribution in [0.1, 0.15) is 68.1 Å². The summed E-state index contributed by atoms with van der Waals surface area (Å²) in [6.07, 6.45) is 2.14. The zero-order valence-electron chi connectivity index (χ0n) is 27.8. The molecule has 0 radical (unpaired) electrons. The zero-order chi connectivity index (χ0) is 35.8. The molecule has 1 heterocycles. The van der Waals surface area contributed by atoms with Crippen molar-refractivity contribution in [2.24, 2.45) is 22.7 Å². The quantitative estimate of drug-likeness (QED) is 0.189. The predicted octanol–water partition coefficient (Wildman–Crippen LogP) is 3.68. The van der Waals surface area contributed by atoms with Crippen LogP contribution in [0, 0.1) is 22.7 Å². The Morgan fingerprint density at radius 2 is 1.80 bits per heavy atom. The molecule has 11 nitrogen and oxygen atoms in total. The standard InChI is InChI=1S/C38H40FNO10/c1-35-12-11-25(42)15-24(35)9-10-26-27-16-31-38(30(44)19-48-33(47)32(45)46,36(27,2)17-29(43)37(26,35)39)50-34(49-31)22-6-3-20(4-7-22)13-21-5-8-23(18-41)28(40)14-21/h3-8,11-12,14-15,26-27,29,31,34,41,43H,9-10,13,16-19,40H2,1-2H3,(H,45,46)/t26-,27-,29-,31+,34+,35-,36-,37-,38+/m0/s1. The Morgan fingerprint density at radius 3 is 2.48 bits per heavy atom. The number of halogens is 1. The Morgan fingerprint density at radius 1 is 1.08 bits per heavy atom. The topological polar surface area (TPSA) is 183 Å². The minimum Gasteiger partial charge on any atom is -0.473 e. The van der Waals surface area contributed by atoms with Crippen molar-refractivity contribution in [2.45, 2.75) is 82.3 Å². The molecule has 2 aromatic rings. The summed E-state index contributed by atoms with van der Waals surface area (Å²) in [4.78, 5) is 49.6. The number of benzene rings is 2. The molecule has 0 aromatic heterocycles. The van der Waals surface area contributed by atoms with Crippen LogP contribution in [0.5, 0.6) is 0 Å². The predicted molar refractivity (Wildman–Crippen MR) is 175 cm³/mol. The number of carbonyl (C=O) groups excluding carboxylic acids is 3. The van der Waals surface area contributed by atoms with E-state index in [1.807, 2.05) is 36.4 Å². The molecule has 5 N–H and O–H groups in total. The third kappa shape index (κ3) is 4.83. The molecule has 4 fully saturated rings. The van der Waals surface area contributed by atoms with E-state index in [9.17, 15) is 29.4 Å². The molecule has 9 atom stereocenters. The zero-order valence-corrected chi connectivity index (χ0v) is 27.8. The van der Waals surface area contributed by atoms with Crippen molar-refractivity contribution in [1.29, 1.82) is 0 Å². The maximum Gasteiger partial charge on any atom is 0.417 e. The van der Waals surface area contributed by atoms with Gasteiger partial charge in [-0.3, -0.25) is 9.59 Å². The molecule has 264 valence electrons. The number of ether oxygens (including phenoxy) is 3. The molecule has 3 saturated carbocycles. The number of nitrogen functional groups attached to an aromatic ring is 1. The molecule has 0 bridgehead atoms. The number of aliphatic hydroxyl groups is 2. The molecule has 5 aliphatic rings. The van der Waals surface area contributed by atoms with Gasteiger partial charge in [0.15, 0.2) is 29.9 Å². The number of carboxylic acid groups (broad SMARTS) is 1. The monoisotopic (exact) mass is 689 g/mol. The van der Waals surface area contributed by atoms with Gasteiger partial charge in [0.25, 0.3) is 0 Å².